The first-order valence-corrected chi connectivity index (χ1v) is 27.7. The van der Waals surface area contributed by atoms with Crippen molar-refractivity contribution in [3.8, 4) is 0 Å². The van der Waals surface area contributed by atoms with Gasteiger partial charge in [-0.15, -0.1) is 0 Å². The molecule has 0 aliphatic heterocycles. The first-order chi connectivity index (χ1) is 32.0. The van der Waals surface area contributed by atoms with Gasteiger partial charge < -0.3 is 20.3 Å². The maximum atomic E-state index is 13.2. The Kier molecular flexibility index (Phi) is 50.1. The SMILES string of the molecule is CCCCC/C=C\C/C=C\C/C=C\C/C=C\CCCC(=O)OC(CCC/C=C/C=C/CCCCCCCCC)CC(=O)NC(CO)C(O)CCCCCCCCCCCCCCCCC. The largest absolute Gasteiger partial charge is 0.462 e. The zero-order valence-electron chi connectivity index (χ0n) is 42.9. The van der Waals surface area contributed by atoms with Gasteiger partial charge in [0.25, 0.3) is 0 Å². The molecule has 0 spiro atoms. The molecule has 0 rings (SSSR count). The summed E-state index contributed by atoms with van der Waals surface area (Å²) in [6.45, 7) is 6.44. The Hall–Kier alpha value is -2.70. The summed E-state index contributed by atoms with van der Waals surface area (Å²) in [5, 5.41) is 23.8. The number of hydrogen-bond acceptors (Lipinski definition) is 5. The van der Waals surface area contributed by atoms with E-state index < -0.39 is 18.2 Å². The molecule has 0 fully saturated rings. The normalized spacial score (nSPS) is 13.7. The predicted octanol–water partition coefficient (Wildman–Crippen LogP) is 17.0. The molecule has 3 unspecified atom stereocenters. The van der Waals surface area contributed by atoms with Crippen molar-refractivity contribution < 1.29 is 24.5 Å². The molecule has 6 heteroatoms. The fourth-order valence-electron chi connectivity index (χ4n) is 8.07. The number of amides is 1. The zero-order chi connectivity index (χ0) is 47.4. The molecule has 0 saturated heterocycles. The average Bonchev–Trinajstić information content (AvgIpc) is 3.30. The van der Waals surface area contributed by atoms with Gasteiger partial charge in [-0.3, -0.25) is 9.59 Å². The van der Waals surface area contributed by atoms with Crippen molar-refractivity contribution in [2.45, 2.75) is 283 Å². The summed E-state index contributed by atoms with van der Waals surface area (Å²) in [5.74, 6) is -0.586. The second kappa shape index (κ2) is 52.3. The van der Waals surface area contributed by atoms with Crippen LogP contribution >= 0.6 is 0 Å². The van der Waals surface area contributed by atoms with Crippen LogP contribution in [0.15, 0.2) is 72.9 Å². The zero-order valence-corrected chi connectivity index (χ0v) is 42.9. The number of carbonyl (C=O) groups is 2. The lowest BCUT2D eigenvalue weighted by Gasteiger charge is -2.24. The summed E-state index contributed by atoms with van der Waals surface area (Å²) in [5.41, 5.74) is 0. The molecule has 0 bridgehead atoms. The molecule has 376 valence electrons. The van der Waals surface area contributed by atoms with Crippen molar-refractivity contribution in [1.29, 1.82) is 0 Å². The molecule has 1 amide bonds. The number of rotatable bonds is 49. The molecule has 3 atom stereocenters. The fraction of sp³-hybridized carbons (Fsp3) is 0.763. The van der Waals surface area contributed by atoms with Gasteiger partial charge in [0.1, 0.15) is 6.10 Å². The van der Waals surface area contributed by atoms with Gasteiger partial charge in [0.15, 0.2) is 0 Å². The number of unbranched alkanes of at least 4 members (excludes halogenated alkanes) is 26. The number of ether oxygens (including phenoxy) is 1. The molecule has 0 aromatic carbocycles. The van der Waals surface area contributed by atoms with Crippen LogP contribution in [-0.2, 0) is 14.3 Å². The van der Waals surface area contributed by atoms with E-state index in [0.717, 1.165) is 64.2 Å². The molecule has 6 nitrogen and oxygen atoms in total. The van der Waals surface area contributed by atoms with Gasteiger partial charge in [0.2, 0.25) is 5.91 Å². The van der Waals surface area contributed by atoms with Gasteiger partial charge in [-0.05, 0) is 83.5 Å². The third-order valence-corrected chi connectivity index (χ3v) is 12.3. The van der Waals surface area contributed by atoms with Crippen LogP contribution in [0.1, 0.15) is 265 Å². The highest BCUT2D eigenvalue weighted by atomic mass is 16.5. The monoisotopic (exact) mass is 908 g/mol. The van der Waals surface area contributed by atoms with Crippen LogP contribution in [0.3, 0.4) is 0 Å². The summed E-state index contributed by atoms with van der Waals surface area (Å²) in [6.07, 6.45) is 66.8. The molecule has 0 aliphatic carbocycles. The number of aliphatic hydroxyl groups excluding tert-OH is 2. The highest BCUT2D eigenvalue weighted by Crippen LogP contribution is 2.17. The number of esters is 1. The van der Waals surface area contributed by atoms with Gasteiger partial charge in [-0.2, -0.15) is 0 Å². The van der Waals surface area contributed by atoms with Crippen LogP contribution in [0.4, 0.5) is 0 Å². The van der Waals surface area contributed by atoms with Crippen molar-refractivity contribution >= 4 is 11.9 Å². The molecule has 0 radical (unpaired) electrons. The quantitative estimate of drug-likeness (QED) is 0.0245. The fourth-order valence-corrected chi connectivity index (χ4v) is 8.07. The Bertz CT molecular complexity index is 1200. The Morgan fingerprint density at radius 1 is 0.462 bits per heavy atom. The maximum absolute atomic E-state index is 13.2. The molecule has 65 heavy (non-hydrogen) atoms. The van der Waals surface area contributed by atoms with Gasteiger partial charge in [-0.1, -0.05) is 241 Å². The second-order valence-electron chi connectivity index (χ2n) is 18.7. The van der Waals surface area contributed by atoms with E-state index in [9.17, 15) is 19.8 Å². The van der Waals surface area contributed by atoms with Crippen LogP contribution < -0.4 is 5.32 Å². The van der Waals surface area contributed by atoms with E-state index in [1.54, 1.807) is 0 Å². The highest BCUT2D eigenvalue weighted by molar-refractivity contribution is 5.77. The third-order valence-electron chi connectivity index (χ3n) is 12.3. The van der Waals surface area contributed by atoms with Crippen LogP contribution in [-0.4, -0.2) is 46.9 Å². The van der Waals surface area contributed by atoms with Crippen LogP contribution in [0.5, 0.6) is 0 Å². The Morgan fingerprint density at radius 2 is 0.846 bits per heavy atom. The van der Waals surface area contributed by atoms with Gasteiger partial charge in [0.05, 0.1) is 25.2 Å². The first kappa shape index (κ1) is 62.3. The smallest absolute Gasteiger partial charge is 0.306 e. The Balaban J connectivity index is 4.70. The van der Waals surface area contributed by atoms with Crippen molar-refractivity contribution in [3.05, 3.63) is 72.9 Å². The van der Waals surface area contributed by atoms with E-state index in [4.69, 9.17) is 4.74 Å². The molecular weight excluding hydrogens is 803 g/mol. The maximum Gasteiger partial charge on any atom is 0.306 e. The number of allylic oxidation sites excluding steroid dienone is 12. The summed E-state index contributed by atoms with van der Waals surface area (Å²) in [7, 11) is 0. The molecule has 0 saturated carbocycles. The Morgan fingerprint density at radius 3 is 1.34 bits per heavy atom. The standard InChI is InChI=1S/C59H105NO5/c1-4-7-10-13-16-19-22-25-28-29-31-34-37-40-43-46-49-52-59(64)65-55(50-47-44-41-38-35-32-27-24-21-18-15-12-9-6-3)53-58(63)60-56(54-61)57(62)51-48-45-42-39-36-33-30-26-23-20-17-14-11-8-5-2/h16,19,25,28,31-32,34-35,38,40-41,43,55-57,61-62H,4-15,17-18,20-24,26-27,29-30,33,36-37,39,42,44-54H2,1-3H3,(H,60,63)/b19-16-,28-25-,34-31-,35-32+,41-38+,43-40-. The topological polar surface area (TPSA) is 95.9 Å². The van der Waals surface area contributed by atoms with E-state index in [0.29, 0.717) is 25.7 Å². The number of carbonyl (C=O) groups excluding carboxylic acids is 2. The van der Waals surface area contributed by atoms with Crippen LogP contribution in [0.2, 0.25) is 0 Å². The van der Waals surface area contributed by atoms with E-state index in [1.807, 2.05) is 0 Å². The van der Waals surface area contributed by atoms with E-state index in [-0.39, 0.29) is 24.9 Å². The third kappa shape index (κ3) is 47.6. The van der Waals surface area contributed by atoms with Crippen LogP contribution in [0.25, 0.3) is 0 Å². The van der Waals surface area contributed by atoms with Gasteiger partial charge >= 0.3 is 5.97 Å². The van der Waals surface area contributed by atoms with E-state index in [2.05, 4.69) is 99.0 Å². The minimum Gasteiger partial charge on any atom is -0.462 e. The molecular formula is C59H105NO5. The van der Waals surface area contributed by atoms with Crippen molar-refractivity contribution in [2.75, 3.05) is 6.61 Å². The molecule has 0 aromatic rings. The van der Waals surface area contributed by atoms with E-state index >= 15 is 0 Å². The van der Waals surface area contributed by atoms with E-state index in [1.165, 1.54) is 148 Å². The summed E-state index contributed by atoms with van der Waals surface area (Å²) < 4.78 is 5.89. The number of aliphatic hydroxyl groups is 2. The molecule has 0 heterocycles. The summed E-state index contributed by atoms with van der Waals surface area (Å²) in [6, 6.07) is -0.730. The predicted molar refractivity (Wildman–Crippen MR) is 282 cm³/mol. The van der Waals surface area contributed by atoms with Gasteiger partial charge in [-0.25, -0.2) is 0 Å². The van der Waals surface area contributed by atoms with Crippen LogP contribution in [0, 0.1) is 0 Å². The highest BCUT2D eigenvalue weighted by Gasteiger charge is 2.24. The van der Waals surface area contributed by atoms with Gasteiger partial charge in [0, 0.05) is 6.42 Å². The van der Waals surface area contributed by atoms with Crippen molar-refractivity contribution in [3.63, 3.8) is 0 Å². The lowest BCUT2D eigenvalue weighted by Crippen LogP contribution is -2.46. The minimum absolute atomic E-state index is 0.0210. The average molecular weight is 908 g/mol. The lowest BCUT2D eigenvalue weighted by atomic mass is 10.0. The molecule has 0 aliphatic rings. The first-order valence-electron chi connectivity index (χ1n) is 27.7. The minimum atomic E-state index is -0.811. The lowest BCUT2D eigenvalue weighted by molar-refractivity contribution is -0.151. The molecule has 3 N–H and O–H groups in total. The number of hydrogen-bond donors (Lipinski definition) is 3. The summed E-state index contributed by atoms with van der Waals surface area (Å²) in [4.78, 5) is 26.2. The Labute approximate surface area is 402 Å². The summed E-state index contributed by atoms with van der Waals surface area (Å²) >= 11 is 0. The second-order valence-corrected chi connectivity index (χ2v) is 18.7. The number of nitrogens with one attached hydrogen (secondary N) is 1. The van der Waals surface area contributed by atoms with Crippen molar-refractivity contribution in [1.82, 2.24) is 5.32 Å². The molecule has 0 aromatic heterocycles. The van der Waals surface area contributed by atoms with Crippen molar-refractivity contribution in [2.24, 2.45) is 0 Å².